The van der Waals surface area contributed by atoms with Gasteiger partial charge in [0.05, 0.1) is 0 Å². The summed E-state index contributed by atoms with van der Waals surface area (Å²) in [7, 11) is 0. The molecule has 3 aliphatic rings. The lowest BCUT2D eigenvalue weighted by Crippen LogP contribution is -2.53. The van der Waals surface area contributed by atoms with Crippen LogP contribution in [-0.4, -0.2) is 63.0 Å². The number of carbonyl (C=O) groups is 1. The zero-order valence-corrected chi connectivity index (χ0v) is 15.0. The van der Waals surface area contributed by atoms with Crippen molar-refractivity contribution in [1.82, 2.24) is 30.0 Å². The van der Waals surface area contributed by atoms with Crippen LogP contribution in [0, 0.1) is 0 Å². The molecule has 0 bridgehead atoms. The first-order valence-electron chi connectivity index (χ1n) is 9.81. The van der Waals surface area contributed by atoms with Crippen LogP contribution < -0.4 is 10.2 Å². The molecule has 1 aliphatic heterocycles. The molecule has 0 atom stereocenters. The average molecular weight is 355 g/mol. The number of hydrogen-bond acceptors (Lipinski definition) is 5. The smallest absolute Gasteiger partial charge is 0.317 e. The second-order valence-corrected chi connectivity index (χ2v) is 7.70. The highest BCUT2D eigenvalue weighted by atomic mass is 16.2. The first-order chi connectivity index (χ1) is 12.8. The summed E-state index contributed by atoms with van der Waals surface area (Å²) in [6.07, 6.45) is 7.08. The van der Waals surface area contributed by atoms with E-state index in [1.807, 2.05) is 21.5 Å². The lowest BCUT2D eigenvalue weighted by Gasteiger charge is -2.35. The number of nitrogens with one attached hydrogen (secondary N) is 1. The van der Waals surface area contributed by atoms with Gasteiger partial charge in [-0.1, -0.05) is 12.8 Å². The maximum Gasteiger partial charge on any atom is 0.317 e. The second kappa shape index (κ2) is 6.41. The molecule has 0 unspecified atom stereocenters. The first kappa shape index (κ1) is 15.8. The van der Waals surface area contributed by atoms with Gasteiger partial charge in [0, 0.05) is 38.1 Å². The number of carbonyl (C=O) groups excluding carboxylic acids is 1. The fourth-order valence-corrected chi connectivity index (χ4v) is 4.04. The van der Waals surface area contributed by atoms with Crippen LogP contribution in [0.15, 0.2) is 12.1 Å². The molecule has 26 heavy (non-hydrogen) atoms. The van der Waals surface area contributed by atoms with Crippen LogP contribution in [0.25, 0.3) is 5.65 Å². The van der Waals surface area contributed by atoms with Crippen LogP contribution in [0.4, 0.5) is 10.6 Å². The number of nitrogens with zero attached hydrogens (tertiary/aromatic N) is 6. The predicted octanol–water partition coefficient (Wildman–Crippen LogP) is 1.78. The van der Waals surface area contributed by atoms with Gasteiger partial charge >= 0.3 is 6.03 Å². The summed E-state index contributed by atoms with van der Waals surface area (Å²) in [5.74, 6) is 2.44. The molecule has 8 nitrogen and oxygen atoms in total. The molecule has 8 heteroatoms. The van der Waals surface area contributed by atoms with Gasteiger partial charge in [-0.05, 0) is 37.8 Å². The van der Waals surface area contributed by atoms with Crippen molar-refractivity contribution in [1.29, 1.82) is 0 Å². The van der Waals surface area contributed by atoms with E-state index in [1.165, 1.54) is 25.7 Å². The molecule has 1 saturated heterocycles. The highest BCUT2D eigenvalue weighted by Gasteiger charge is 2.30. The number of amides is 2. The standard InChI is InChI=1S/C18H25N7O/c26-18(19-14-3-1-2-4-14)24-11-9-23(10-12-24)16-8-7-15-20-21-17(13-5-6-13)25(15)22-16/h7-8,13-14H,1-6,9-12H2,(H,19,26). The van der Waals surface area contributed by atoms with Gasteiger partial charge in [0.1, 0.15) is 5.82 Å². The van der Waals surface area contributed by atoms with Gasteiger partial charge in [0.25, 0.3) is 0 Å². The number of anilines is 1. The van der Waals surface area contributed by atoms with Crippen LogP contribution in [0.3, 0.4) is 0 Å². The van der Waals surface area contributed by atoms with Crippen molar-refractivity contribution in [2.45, 2.75) is 50.5 Å². The van der Waals surface area contributed by atoms with E-state index in [4.69, 9.17) is 5.10 Å². The Labute approximate surface area is 152 Å². The quantitative estimate of drug-likeness (QED) is 0.908. The molecular formula is C18H25N7O. The molecule has 138 valence electrons. The summed E-state index contributed by atoms with van der Waals surface area (Å²) < 4.78 is 1.90. The Bertz CT molecular complexity index is 801. The van der Waals surface area contributed by atoms with Crippen LogP contribution in [0.5, 0.6) is 0 Å². The van der Waals surface area contributed by atoms with Gasteiger partial charge < -0.3 is 15.1 Å². The third-order valence-corrected chi connectivity index (χ3v) is 5.79. The Morgan fingerprint density at radius 2 is 1.77 bits per heavy atom. The van der Waals surface area contributed by atoms with Crippen molar-refractivity contribution in [2.75, 3.05) is 31.1 Å². The van der Waals surface area contributed by atoms with E-state index in [0.717, 1.165) is 56.3 Å². The molecule has 2 amide bonds. The Morgan fingerprint density at radius 1 is 1.00 bits per heavy atom. The largest absolute Gasteiger partial charge is 0.352 e. The van der Waals surface area contributed by atoms with Gasteiger partial charge in [-0.3, -0.25) is 0 Å². The maximum atomic E-state index is 12.4. The molecule has 3 heterocycles. The maximum absolute atomic E-state index is 12.4. The van der Waals surface area contributed by atoms with E-state index in [9.17, 15) is 4.79 Å². The number of aromatic nitrogens is 4. The number of fused-ring (bicyclic) bond motifs is 1. The fraction of sp³-hybridized carbons (Fsp3) is 0.667. The van der Waals surface area contributed by atoms with Crippen molar-refractivity contribution < 1.29 is 4.79 Å². The van der Waals surface area contributed by atoms with Gasteiger partial charge in [-0.25, -0.2) is 4.79 Å². The summed E-state index contributed by atoms with van der Waals surface area (Å²) in [5, 5.41) is 16.5. The van der Waals surface area contributed by atoms with E-state index in [1.54, 1.807) is 0 Å². The van der Waals surface area contributed by atoms with Crippen molar-refractivity contribution in [3.8, 4) is 0 Å². The normalized spacial score (nSPS) is 21.5. The van der Waals surface area contributed by atoms with E-state index < -0.39 is 0 Å². The molecule has 2 aliphatic carbocycles. The van der Waals surface area contributed by atoms with Crippen LogP contribution in [-0.2, 0) is 0 Å². The molecule has 2 saturated carbocycles. The molecule has 5 rings (SSSR count). The fourth-order valence-electron chi connectivity index (χ4n) is 4.04. The summed E-state index contributed by atoms with van der Waals surface area (Å²) in [4.78, 5) is 16.6. The third kappa shape index (κ3) is 2.97. The van der Waals surface area contributed by atoms with Crippen molar-refractivity contribution in [3.05, 3.63) is 18.0 Å². The summed E-state index contributed by atoms with van der Waals surface area (Å²) in [6, 6.07) is 4.46. The lowest BCUT2D eigenvalue weighted by molar-refractivity contribution is 0.190. The van der Waals surface area contributed by atoms with Crippen molar-refractivity contribution in [3.63, 3.8) is 0 Å². The second-order valence-electron chi connectivity index (χ2n) is 7.70. The van der Waals surface area contributed by atoms with E-state index in [0.29, 0.717) is 12.0 Å². The van der Waals surface area contributed by atoms with Crippen molar-refractivity contribution in [2.24, 2.45) is 0 Å². The molecule has 2 aromatic heterocycles. The topological polar surface area (TPSA) is 78.7 Å². The van der Waals surface area contributed by atoms with Gasteiger partial charge in [-0.2, -0.15) is 4.52 Å². The zero-order valence-electron chi connectivity index (χ0n) is 15.0. The highest BCUT2D eigenvalue weighted by Crippen LogP contribution is 2.38. The predicted molar refractivity (Wildman–Crippen MR) is 97.3 cm³/mol. The Hall–Kier alpha value is -2.38. The Morgan fingerprint density at radius 3 is 2.50 bits per heavy atom. The minimum atomic E-state index is 0.0924. The highest BCUT2D eigenvalue weighted by molar-refractivity contribution is 5.75. The Balaban J connectivity index is 1.24. The van der Waals surface area contributed by atoms with Crippen LogP contribution >= 0.6 is 0 Å². The number of urea groups is 1. The molecular weight excluding hydrogens is 330 g/mol. The molecule has 0 spiro atoms. The molecule has 0 radical (unpaired) electrons. The number of rotatable bonds is 3. The van der Waals surface area contributed by atoms with E-state index in [-0.39, 0.29) is 6.03 Å². The van der Waals surface area contributed by atoms with Crippen LogP contribution in [0.1, 0.15) is 50.3 Å². The monoisotopic (exact) mass is 355 g/mol. The third-order valence-electron chi connectivity index (χ3n) is 5.79. The Kier molecular flexibility index (Phi) is 3.90. The molecule has 2 aromatic rings. The minimum absolute atomic E-state index is 0.0924. The summed E-state index contributed by atoms with van der Waals surface area (Å²) in [6.45, 7) is 3.07. The lowest BCUT2D eigenvalue weighted by atomic mass is 10.2. The zero-order chi connectivity index (χ0) is 17.5. The number of piperazine rings is 1. The minimum Gasteiger partial charge on any atom is -0.352 e. The molecule has 3 fully saturated rings. The van der Waals surface area contributed by atoms with Crippen LogP contribution in [0.2, 0.25) is 0 Å². The van der Waals surface area contributed by atoms with E-state index in [2.05, 4.69) is 20.4 Å². The first-order valence-corrected chi connectivity index (χ1v) is 9.81. The summed E-state index contributed by atoms with van der Waals surface area (Å²) >= 11 is 0. The number of hydrogen-bond donors (Lipinski definition) is 1. The van der Waals surface area contributed by atoms with E-state index >= 15 is 0 Å². The SMILES string of the molecule is O=C(NC1CCCC1)N1CCN(c2ccc3nnc(C4CC4)n3n2)CC1. The average Bonchev–Trinajstić information content (AvgIpc) is 3.22. The van der Waals surface area contributed by atoms with Gasteiger partial charge in [-0.15, -0.1) is 15.3 Å². The molecule has 1 N–H and O–H groups in total. The van der Waals surface area contributed by atoms with Gasteiger partial charge in [0.2, 0.25) is 0 Å². The van der Waals surface area contributed by atoms with Gasteiger partial charge in [0.15, 0.2) is 11.5 Å². The summed E-state index contributed by atoms with van der Waals surface area (Å²) in [5.41, 5.74) is 0.810. The molecule has 0 aromatic carbocycles. The van der Waals surface area contributed by atoms with Crippen molar-refractivity contribution >= 4 is 17.5 Å².